The van der Waals surface area contributed by atoms with E-state index in [4.69, 9.17) is 0 Å². The molecular weight excluding hydrogens is 275 g/mol. The molecule has 7 heteroatoms. The van der Waals surface area contributed by atoms with Crippen molar-refractivity contribution in [2.24, 2.45) is 5.41 Å². The number of hydrogen-bond acceptors (Lipinski definition) is 4. The normalized spacial score (nSPS) is 19.2. The summed E-state index contributed by atoms with van der Waals surface area (Å²) in [5.41, 5.74) is -1.11. The van der Waals surface area contributed by atoms with Crippen molar-refractivity contribution in [1.29, 1.82) is 0 Å². The molecule has 1 heterocycles. The summed E-state index contributed by atoms with van der Waals surface area (Å²) in [6.07, 6.45) is 2.51. The van der Waals surface area contributed by atoms with E-state index in [0.717, 1.165) is 12.8 Å². The Morgan fingerprint density at radius 1 is 1.16 bits per heavy atom. The largest absolute Gasteiger partial charge is 0.328 e. The van der Waals surface area contributed by atoms with E-state index in [1.807, 2.05) is 0 Å². The second-order valence-electron chi connectivity index (χ2n) is 4.58. The van der Waals surface area contributed by atoms with Crippen molar-refractivity contribution < 1.29 is 14.4 Å². The van der Waals surface area contributed by atoms with Crippen molar-refractivity contribution in [3.05, 3.63) is 0 Å². The van der Waals surface area contributed by atoms with Gasteiger partial charge >= 0.3 is 6.03 Å². The van der Waals surface area contributed by atoms with Crippen LogP contribution in [0.15, 0.2) is 0 Å². The Balaban J connectivity index is 0.00000324. The number of nitrogens with one attached hydrogen (secondary N) is 2. The van der Waals surface area contributed by atoms with Crippen LogP contribution in [-0.2, 0) is 9.59 Å². The number of imide groups is 2. The molecule has 0 aromatic heterocycles. The van der Waals surface area contributed by atoms with E-state index in [1.54, 1.807) is 18.7 Å². The Morgan fingerprint density at radius 3 is 2.11 bits per heavy atom. The second-order valence-corrected chi connectivity index (χ2v) is 6.01. The van der Waals surface area contributed by atoms with Crippen LogP contribution >= 0.6 is 11.8 Å². The fourth-order valence-corrected chi connectivity index (χ4v) is 3.35. The van der Waals surface area contributed by atoms with Crippen LogP contribution in [0.25, 0.3) is 0 Å². The molecule has 19 heavy (non-hydrogen) atoms. The van der Waals surface area contributed by atoms with Crippen LogP contribution < -0.4 is 10.6 Å². The molecule has 5 nitrogen and oxygen atoms in total. The molecule has 103 valence electrons. The van der Waals surface area contributed by atoms with Gasteiger partial charge in [0, 0.05) is 40.6 Å². The topological polar surface area (TPSA) is 75.3 Å². The maximum Gasteiger partial charge on any atom is 0.328 e. The summed E-state index contributed by atoms with van der Waals surface area (Å²) in [7, 11) is 0. The molecule has 2 N–H and O–H groups in total. The number of amides is 4. The van der Waals surface area contributed by atoms with Gasteiger partial charge in [0.25, 0.3) is 0 Å². The third-order valence-electron chi connectivity index (χ3n) is 3.24. The van der Waals surface area contributed by atoms with Gasteiger partial charge in [-0.15, -0.1) is 0 Å². The van der Waals surface area contributed by atoms with E-state index in [0.29, 0.717) is 17.4 Å². The van der Waals surface area contributed by atoms with Crippen LogP contribution in [0.1, 0.15) is 40.0 Å². The van der Waals surface area contributed by atoms with Crippen molar-refractivity contribution in [2.45, 2.75) is 45.3 Å². The molecule has 1 atom stereocenters. The van der Waals surface area contributed by atoms with Gasteiger partial charge < -0.3 is 0 Å². The molecule has 1 aliphatic heterocycles. The third-order valence-corrected chi connectivity index (χ3v) is 4.70. The first-order chi connectivity index (χ1) is 8.46. The maximum atomic E-state index is 11.9. The number of urea groups is 1. The van der Waals surface area contributed by atoms with E-state index in [-0.39, 0.29) is 29.6 Å². The Hall–Kier alpha value is -0.0400. The van der Waals surface area contributed by atoms with Crippen molar-refractivity contribution in [2.75, 3.05) is 5.75 Å². The Morgan fingerprint density at radius 2 is 1.68 bits per heavy atom. The van der Waals surface area contributed by atoms with Gasteiger partial charge in [-0.3, -0.25) is 20.2 Å². The summed E-state index contributed by atoms with van der Waals surface area (Å²) in [6.45, 7) is 5.98. The van der Waals surface area contributed by atoms with Crippen LogP contribution in [0.2, 0.25) is 0 Å². The van der Waals surface area contributed by atoms with Gasteiger partial charge in [0.2, 0.25) is 11.8 Å². The third kappa shape index (κ3) is 4.48. The van der Waals surface area contributed by atoms with Gasteiger partial charge in [-0.25, -0.2) is 4.79 Å². The van der Waals surface area contributed by atoms with Crippen molar-refractivity contribution in [1.82, 2.24) is 10.6 Å². The molecule has 1 fully saturated rings. The molecule has 0 aromatic rings. The number of barbiturate groups is 1. The first-order valence-electron chi connectivity index (χ1n) is 6.24. The van der Waals surface area contributed by atoms with Gasteiger partial charge in [0.15, 0.2) is 0 Å². The number of rotatable bonds is 6. The molecule has 1 rings (SSSR count). The Kier molecular flexibility index (Phi) is 8.27. The summed E-state index contributed by atoms with van der Waals surface area (Å²) >= 11 is 1.61. The minimum absolute atomic E-state index is 0. The average Bonchev–Trinajstić information content (AvgIpc) is 2.29. The molecule has 4 amide bonds. The first-order valence-corrected chi connectivity index (χ1v) is 7.29. The minimum atomic E-state index is -1.11. The smallest absolute Gasteiger partial charge is 0.277 e. The van der Waals surface area contributed by atoms with Crippen LogP contribution in [0, 0.1) is 5.41 Å². The molecule has 0 bridgehead atoms. The van der Waals surface area contributed by atoms with Gasteiger partial charge in [0.1, 0.15) is 5.41 Å². The Bertz CT molecular complexity index is 343. The second kappa shape index (κ2) is 8.29. The predicted molar refractivity (Wildman–Crippen MR) is 77.0 cm³/mol. The summed E-state index contributed by atoms with van der Waals surface area (Å²) in [5.74, 6) is -0.541. The predicted octanol–water partition coefficient (Wildman–Crippen LogP) is 1.29. The zero-order chi connectivity index (χ0) is 13.8. The van der Waals surface area contributed by atoms with E-state index in [1.165, 1.54) is 0 Å². The molecule has 0 aromatic carbocycles. The molecule has 0 saturated carbocycles. The van der Waals surface area contributed by atoms with E-state index in [9.17, 15) is 14.4 Å². The number of carbonyl (C=O) groups excluding carboxylic acids is 3. The van der Waals surface area contributed by atoms with Gasteiger partial charge in [-0.2, -0.15) is 11.8 Å². The fourth-order valence-electron chi connectivity index (χ4n) is 1.91. The zero-order valence-electron chi connectivity index (χ0n) is 12.0. The Labute approximate surface area is 140 Å². The number of hydrogen-bond donors (Lipinski definition) is 2. The van der Waals surface area contributed by atoms with Gasteiger partial charge in [-0.05, 0) is 12.8 Å². The minimum Gasteiger partial charge on any atom is -0.277 e. The summed E-state index contributed by atoms with van der Waals surface area (Å²) < 4.78 is 0. The number of thioether (sulfide) groups is 1. The van der Waals surface area contributed by atoms with E-state index in [2.05, 4.69) is 24.5 Å². The molecule has 0 spiro atoms. The summed E-state index contributed by atoms with van der Waals surface area (Å²) in [5, 5.41) is 4.77. The molecule has 1 aliphatic rings. The van der Waals surface area contributed by atoms with Crippen LogP contribution in [-0.4, -0.2) is 58.4 Å². The SMILES string of the molecule is CCCC(C)SCC1(CC)C(=O)NC(=O)NC1=O.[Na]. The van der Waals surface area contributed by atoms with Crippen molar-refractivity contribution in [3.63, 3.8) is 0 Å². The molecule has 1 radical (unpaired) electrons. The molecule has 1 unspecified atom stereocenters. The quantitative estimate of drug-likeness (QED) is 0.572. The van der Waals surface area contributed by atoms with E-state index >= 15 is 0 Å². The van der Waals surface area contributed by atoms with Gasteiger partial charge in [0.05, 0.1) is 0 Å². The van der Waals surface area contributed by atoms with Crippen LogP contribution in [0.3, 0.4) is 0 Å². The standard InChI is InChI=1S/C12H20N2O3S.Na/c1-4-6-8(3)18-7-12(5-2)9(15)13-11(17)14-10(12)16;/h8H,4-7H2,1-3H3,(H2,13,14,15,16,17);. The van der Waals surface area contributed by atoms with Crippen LogP contribution in [0.5, 0.6) is 0 Å². The monoisotopic (exact) mass is 295 g/mol. The van der Waals surface area contributed by atoms with Crippen molar-refractivity contribution in [3.8, 4) is 0 Å². The average molecular weight is 295 g/mol. The molecular formula is C12H20N2NaO3S. The first kappa shape index (κ1) is 19.0. The van der Waals surface area contributed by atoms with Crippen molar-refractivity contribution >= 4 is 59.2 Å². The zero-order valence-corrected chi connectivity index (χ0v) is 14.9. The molecule has 0 aliphatic carbocycles. The fraction of sp³-hybridized carbons (Fsp3) is 0.750. The van der Waals surface area contributed by atoms with Gasteiger partial charge in [-0.1, -0.05) is 27.2 Å². The summed E-state index contributed by atoms with van der Waals surface area (Å²) in [4.78, 5) is 34.9. The molecule has 1 saturated heterocycles. The van der Waals surface area contributed by atoms with Crippen LogP contribution in [0.4, 0.5) is 4.79 Å². The summed E-state index contributed by atoms with van der Waals surface area (Å²) in [6, 6.07) is -0.722. The maximum absolute atomic E-state index is 11.9. The number of carbonyl (C=O) groups is 3. The van der Waals surface area contributed by atoms with E-state index < -0.39 is 23.3 Å².